The number of benzene rings is 1. The van der Waals surface area contributed by atoms with Crippen LogP contribution >= 0.6 is 0 Å². The Morgan fingerprint density at radius 3 is 2.56 bits per heavy atom. The number of esters is 1. The molecule has 0 bridgehead atoms. The highest BCUT2D eigenvalue weighted by Crippen LogP contribution is 2.71. The van der Waals surface area contributed by atoms with E-state index in [1.54, 1.807) is 6.08 Å². The van der Waals surface area contributed by atoms with Crippen LogP contribution in [0.4, 0.5) is 0 Å². The fourth-order valence-electron chi connectivity index (χ4n) is 7.78. The van der Waals surface area contributed by atoms with Gasteiger partial charge < -0.3 is 4.74 Å². The van der Waals surface area contributed by atoms with E-state index in [-0.39, 0.29) is 34.9 Å². The predicted octanol–water partition coefficient (Wildman–Crippen LogP) is 5.75. The van der Waals surface area contributed by atoms with E-state index in [2.05, 4.69) is 45.1 Å². The lowest BCUT2D eigenvalue weighted by Crippen LogP contribution is -2.51. The molecule has 2 saturated carbocycles. The van der Waals surface area contributed by atoms with Crippen molar-refractivity contribution < 1.29 is 19.1 Å². The molecule has 0 heterocycles. The highest BCUT2D eigenvalue weighted by molar-refractivity contribution is 6.01. The minimum absolute atomic E-state index is 0.0177. The number of carbonyl (C=O) groups is 3. The van der Waals surface area contributed by atoms with Gasteiger partial charge in [0.15, 0.2) is 18.2 Å². The molecule has 0 N–H and O–H groups in total. The summed E-state index contributed by atoms with van der Waals surface area (Å²) in [5.74, 6) is 0.455. The molecule has 0 saturated heterocycles. The Hall–Kier alpha value is -2.75. The maximum absolute atomic E-state index is 13.8. The summed E-state index contributed by atoms with van der Waals surface area (Å²) in [6.45, 7) is 7.83. The second kappa shape index (κ2) is 7.90. The van der Waals surface area contributed by atoms with E-state index in [9.17, 15) is 14.4 Å². The van der Waals surface area contributed by atoms with Crippen molar-refractivity contribution in [3.05, 3.63) is 71.3 Å². The first-order chi connectivity index (χ1) is 16.1. The van der Waals surface area contributed by atoms with Crippen molar-refractivity contribution in [2.45, 2.75) is 59.3 Å². The zero-order valence-corrected chi connectivity index (χ0v) is 20.6. The fourth-order valence-corrected chi connectivity index (χ4v) is 7.78. The van der Waals surface area contributed by atoms with Gasteiger partial charge in [-0.1, -0.05) is 67.5 Å². The topological polar surface area (TPSA) is 60.4 Å². The Kier molecular flexibility index (Phi) is 5.34. The van der Waals surface area contributed by atoms with Crippen LogP contribution in [-0.4, -0.2) is 24.1 Å². The number of fused-ring (bicyclic) bond motifs is 5. The maximum atomic E-state index is 13.8. The zero-order valence-electron chi connectivity index (χ0n) is 20.6. The summed E-state index contributed by atoms with van der Waals surface area (Å²) in [6.07, 6.45) is 11.7. The van der Waals surface area contributed by atoms with Gasteiger partial charge in [0.1, 0.15) is 0 Å². The monoisotopic (exact) mass is 458 g/mol. The number of rotatable bonds is 4. The molecular weight excluding hydrogens is 424 g/mol. The van der Waals surface area contributed by atoms with Gasteiger partial charge >= 0.3 is 5.97 Å². The van der Waals surface area contributed by atoms with E-state index in [4.69, 9.17) is 4.74 Å². The molecule has 5 rings (SSSR count). The fraction of sp³-hybridized carbons (Fsp3) is 0.500. The third-order valence-corrected chi connectivity index (χ3v) is 9.90. The quantitative estimate of drug-likeness (QED) is 0.426. The Labute approximate surface area is 202 Å². The molecule has 178 valence electrons. The number of ketones is 2. The molecule has 4 aliphatic carbocycles. The van der Waals surface area contributed by atoms with E-state index in [1.807, 2.05) is 24.3 Å². The largest absolute Gasteiger partial charge is 0.458 e. The summed E-state index contributed by atoms with van der Waals surface area (Å²) in [5.41, 5.74) is 2.72. The van der Waals surface area contributed by atoms with Gasteiger partial charge in [0, 0.05) is 17.8 Å². The molecule has 34 heavy (non-hydrogen) atoms. The lowest BCUT2D eigenvalue weighted by atomic mass is 9.49. The van der Waals surface area contributed by atoms with Crippen molar-refractivity contribution in [1.82, 2.24) is 0 Å². The number of hydrogen-bond donors (Lipinski definition) is 0. The van der Waals surface area contributed by atoms with Gasteiger partial charge in [-0.2, -0.15) is 0 Å². The molecule has 4 aliphatic rings. The average Bonchev–Trinajstić information content (AvgIpc) is 3.07. The second-order valence-electron chi connectivity index (χ2n) is 11.2. The SMILES string of the molecule is CC(=O)OCC(=O)[C@@]1(C)[C@H](c2ccccc2)CC2C3CCC4=CC(=O)C=C[C@]4(C)C3=CC[C@@]21C. The second-order valence-corrected chi connectivity index (χ2v) is 11.2. The third-order valence-electron chi connectivity index (χ3n) is 9.90. The van der Waals surface area contributed by atoms with E-state index < -0.39 is 11.4 Å². The summed E-state index contributed by atoms with van der Waals surface area (Å²) in [5, 5.41) is 0. The van der Waals surface area contributed by atoms with Crippen LogP contribution in [0.25, 0.3) is 0 Å². The first-order valence-corrected chi connectivity index (χ1v) is 12.5. The Morgan fingerprint density at radius 1 is 1.12 bits per heavy atom. The number of allylic oxidation sites excluding steroid dienone is 6. The van der Waals surface area contributed by atoms with Crippen LogP contribution in [0.5, 0.6) is 0 Å². The zero-order chi connectivity index (χ0) is 24.3. The van der Waals surface area contributed by atoms with E-state index in [0.717, 1.165) is 25.7 Å². The predicted molar refractivity (Wildman–Crippen MR) is 131 cm³/mol. The summed E-state index contributed by atoms with van der Waals surface area (Å²) < 4.78 is 5.24. The van der Waals surface area contributed by atoms with Crippen molar-refractivity contribution in [2.75, 3.05) is 6.61 Å². The molecule has 6 atom stereocenters. The minimum atomic E-state index is -0.647. The van der Waals surface area contributed by atoms with Crippen molar-refractivity contribution in [3.8, 4) is 0 Å². The molecular formula is C30H34O4. The van der Waals surface area contributed by atoms with Crippen LogP contribution < -0.4 is 0 Å². The van der Waals surface area contributed by atoms with Crippen LogP contribution in [0.2, 0.25) is 0 Å². The lowest BCUT2D eigenvalue weighted by molar-refractivity contribution is -0.152. The first kappa shape index (κ1) is 23.0. The Balaban J connectivity index is 1.59. The van der Waals surface area contributed by atoms with Crippen LogP contribution in [0.3, 0.4) is 0 Å². The summed E-state index contributed by atoms with van der Waals surface area (Å²) >= 11 is 0. The smallest absolute Gasteiger partial charge is 0.303 e. The molecule has 1 aromatic carbocycles. The number of carbonyl (C=O) groups excluding carboxylic acids is 3. The van der Waals surface area contributed by atoms with Crippen LogP contribution in [0.15, 0.2) is 65.8 Å². The molecule has 0 radical (unpaired) electrons. The van der Waals surface area contributed by atoms with Crippen molar-refractivity contribution in [3.63, 3.8) is 0 Å². The molecule has 0 spiro atoms. The Bertz CT molecular complexity index is 1140. The van der Waals surface area contributed by atoms with Gasteiger partial charge in [0.2, 0.25) is 0 Å². The highest BCUT2D eigenvalue weighted by Gasteiger charge is 2.66. The van der Waals surface area contributed by atoms with Gasteiger partial charge in [-0.05, 0) is 73.5 Å². The van der Waals surface area contributed by atoms with E-state index in [1.165, 1.54) is 23.6 Å². The standard InChI is InChI=1S/C30H34O4/c1-19(31)34-18-27(33)30(4)25(20-8-6-5-7-9-20)17-26-23-11-10-21-16-22(32)12-14-28(21,2)24(23)13-15-29(26,30)3/h5-9,12-14,16,23,25-26H,10-11,15,17-18H2,1-4H3/t23?,25-,26?,28-,29-,30+/m0/s1. The first-order valence-electron chi connectivity index (χ1n) is 12.5. The molecule has 2 unspecified atom stereocenters. The normalized spacial score (nSPS) is 38.2. The molecule has 4 heteroatoms. The molecule has 0 amide bonds. The van der Waals surface area contributed by atoms with Crippen LogP contribution in [0.1, 0.15) is 64.9 Å². The van der Waals surface area contributed by atoms with Crippen molar-refractivity contribution >= 4 is 17.5 Å². The van der Waals surface area contributed by atoms with Gasteiger partial charge in [-0.3, -0.25) is 14.4 Å². The maximum Gasteiger partial charge on any atom is 0.303 e. The molecule has 1 aromatic rings. The molecule has 0 aromatic heterocycles. The van der Waals surface area contributed by atoms with Gasteiger partial charge in [0.05, 0.1) is 0 Å². The van der Waals surface area contributed by atoms with Crippen LogP contribution in [-0.2, 0) is 19.1 Å². The molecule has 2 fully saturated rings. The summed E-state index contributed by atoms with van der Waals surface area (Å²) in [7, 11) is 0. The van der Waals surface area contributed by atoms with Gasteiger partial charge in [-0.25, -0.2) is 0 Å². The minimum Gasteiger partial charge on any atom is -0.458 e. The molecule has 4 nitrogen and oxygen atoms in total. The summed E-state index contributed by atoms with van der Waals surface area (Å²) in [4.78, 5) is 37.5. The van der Waals surface area contributed by atoms with Gasteiger partial charge in [-0.15, -0.1) is 0 Å². The molecule has 0 aliphatic heterocycles. The highest BCUT2D eigenvalue weighted by atomic mass is 16.5. The van der Waals surface area contributed by atoms with Crippen LogP contribution in [0, 0.1) is 28.1 Å². The summed E-state index contributed by atoms with van der Waals surface area (Å²) in [6, 6.07) is 10.4. The Morgan fingerprint density at radius 2 is 1.85 bits per heavy atom. The van der Waals surface area contributed by atoms with Crippen molar-refractivity contribution in [2.24, 2.45) is 28.1 Å². The average molecular weight is 459 g/mol. The number of Topliss-reactive ketones (excluding diaryl/α,β-unsaturated/α-hetero) is 1. The third kappa shape index (κ3) is 3.14. The lowest BCUT2D eigenvalue weighted by Gasteiger charge is -2.54. The number of hydrogen-bond acceptors (Lipinski definition) is 4. The van der Waals surface area contributed by atoms with Crippen molar-refractivity contribution in [1.29, 1.82) is 0 Å². The van der Waals surface area contributed by atoms with E-state index >= 15 is 0 Å². The number of ether oxygens (including phenoxy) is 1. The van der Waals surface area contributed by atoms with E-state index in [0.29, 0.717) is 11.8 Å². The van der Waals surface area contributed by atoms with Gasteiger partial charge in [0.25, 0.3) is 0 Å².